The molecule has 9 heteroatoms. The fourth-order valence-corrected chi connectivity index (χ4v) is 4.65. The van der Waals surface area contributed by atoms with E-state index in [1.165, 1.54) is 35.6 Å². The number of carbonyl (C=O) groups is 2. The van der Waals surface area contributed by atoms with E-state index in [4.69, 9.17) is 0 Å². The number of benzene rings is 2. The van der Waals surface area contributed by atoms with Gasteiger partial charge in [0.15, 0.2) is 9.84 Å². The van der Waals surface area contributed by atoms with Crippen LogP contribution in [0.25, 0.3) is 10.6 Å². The van der Waals surface area contributed by atoms with Crippen molar-refractivity contribution in [2.75, 3.05) is 0 Å². The SMILES string of the molecule is Cc1nc(-c2ccccc2)sc1C(=O)NNC(=O)c1ccc(S(=O)(=O)C(C)C)cc1. The summed E-state index contributed by atoms with van der Waals surface area (Å²) in [5.74, 6) is -1.03. The fourth-order valence-electron chi connectivity index (χ4n) is 2.62. The standard InChI is InChI=1S/C21H21N3O4S2/c1-13(2)30(27,28)17-11-9-15(10-12-17)19(25)23-24-20(26)18-14(3)22-21(29-18)16-7-5-4-6-8-16/h4-13H,1-3H3,(H,23,25)(H,24,26). The number of aromatic nitrogens is 1. The van der Waals surface area contributed by atoms with Gasteiger partial charge in [0.05, 0.1) is 15.8 Å². The lowest BCUT2D eigenvalue weighted by Crippen LogP contribution is -2.41. The smallest absolute Gasteiger partial charge is 0.267 e. The average Bonchev–Trinajstić information content (AvgIpc) is 3.14. The average molecular weight is 444 g/mol. The Morgan fingerprint density at radius 3 is 2.13 bits per heavy atom. The topological polar surface area (TPSA) is 105 Å². The summed E-state index contributed by atoms with van der Waals surface area (Å²) >= 11 is 1.23. The van der Waals surface area contributed by atoms with Crippen LogP contribution in [0.3, 0.4) is 0 Å². The molecule has 2 aromatic carbocycles. The predicted molar refractivity (Wildman–Crippen MR) is 116 cm³/mol. The molecule has 0 saturated carbocycles. The van der Waals surface area contributed by atoms with E-state index >= 15 is 0 Å². The van der Waals surface area contributed by atoms with E-state index in [1.807, 2.05) is 30.3 Å². The van der Waals surface area contributed by atoms with Crippen molar-refractivity contribution in [1.82, 2.24) is 15.8 Å². The molecule has 0 bridgehead atoms. The van der Waals surface area contributed by atoms with Gasteiger partial charge in [-0.15, -0.1) is 11.3 Å². The Balaban J connectivity index is 1.67. The molecule has 2 amide bonds. The normalized spacial score (nSPS) is 11.3. The highest BCUT2D eigenvalue weighted by Gasteiger charge is 2.20. The van der Waals surface area contributed by atoms with E-state index < -0.39 is 26.9 Å². The molecular weight excluding hydrogens is 422 g/mol. The lowest BCUT2D eigenvalue weighted by atomic mass is 10.2. The van der Waals surface area contributed by atoms with E-state index in [-0.39, 0.29) is 10.5 Å². The van der Waals surface area contributed by atoms with Crippen LogP contribution in [0.15, 0.2) is 59.5 Å². The van der Waals surface area contributed by atoms with Gasteiger partial charge >= 0.3 is 0 Å². The lowest BCUT2D eigenvalue weighted by molar-refractivity contribution is 0.0848. The molecule has 0 unspecified atom stereocenters. The van der Waals surface area contributed by atoms with Gasteiger partial charge in [0, 0.05) is 11.1 Å². The second-order valence-electron chi connectivity index (χ2n) is 6.83. The molecule has 0 aliphatic carbocycles. The van der Waals surface area contributed by atoms with Crippen molar-refractivity contribution < 1.29 is 18.0 Å². The molecule has 1 aromatic heterocycles. The molecule has 30 heavy (non-hydrogen) atoms. The highest BCUT2D eigenvalue weighted by molar-refractivity contribution is 7.92. The number of thiazole rings is 1. The van der Waals surface area contributed by atoms with Gasteiger partial charge in [0.2, 0.25) is 0 Å². The monoisotopic (exact) mass is 443 g/mol. The van der Waals surface area contributed by atoms with Crippen molar-refractivity contribution in [3.05, 3.63) is 70.7 Å². The molecule has 0 radical (unpaired) electrons. The van der Waals surface area contributed by atoms with Gasteiger partial charge in [0.25, 0.3) is 11.8 Å². The molecule has 3 rings (SSSR count). The Labute approximate surface area is 179 Å². The minimum absolute atomic E-state index is 0.145. The number of amides is 2. The minimum Gasteiger partial charge on any atom is -0.267 e. The first-order chi connectivity index (χ1) is 14.2. The summed E-state index contributed by atoms with van der Waals surface area (Å²) in [6.07, 6.45) is 0. The Bertz CT molecular complexity index is 1170. The van der Waals surface area contributed by atoms with Crippen LogP contribution in [0.4, 0.5) is 0 Å². The zero-order valence-corrected chi connectivity index (χ0v) is 18.3. The van der Waals surface area contributed by atoms with E-state index in [2.05, 4.69) is 15.8 Å². The number of carbonyl (C=O) groups excluding carboxylic acids is 2. The van der Waals surface area contributed by atoms with Gasteiger partial charge in [-0.25, -0.2) is 13.4 Å². The third kappa shape index (κ3) is 4.58. The zero-order chi connectivity index (χ0) is 21.9. The molecule has 0 aliphatic rings. The molecular formula is C21H21N3O4S2. The van der Waals surface area contributed by atoms with Crippen molar-refractivity contribution in [1.29, 1.82) is 0 Å². The number of hydrogen-bond acceptors (Lipinski definition) is 6. The van der Waals surface area contributed by atoms with Crippen LogP contribution in [0, 0.1) is 6.92 Å². The van der Waals surface area contributed by atoms with Gasteiger partial charge in [-0.1, -0.05) is 30.3 Å². The first kappa shape index (κ1) is 21.7. The molecule has 3 aromatic rings. The van der Waals surface area contributed by atoms with Gasteiger partial charge in [-0.3, -0.25) is 20.4 Å². The van der Waals surface area contributed by atoms with Crippen LogP contribution in [0.5, 0.6) is 0 Å². The van der Waals surface area contributed by atoms with Crippen LogP contribution in [-0.2, 0) is 9.84 Å². The Hall–Kier alpha value is -3.04. The molecule has 156 valence electrons. The van der Waals surface area contributed by atoms with Crippen molar-refractivity contribution in [3.63, 3.8) is 0 Å². The summed E-state index contributed by atoms with van der Waals surface area (Å²) in [5.41, 5.74) is 6.42. The highest BCUT2D eigenvalue weighted by atomic mass is 32.2. The number of nitrogens with one attached hydrogen (secondary N) is 2. The summed E-state index contributed by atoms with van der Waals surface area (Å²) < 4.78 is 24.3. The molecule has 0 atom stereocenters. The first-order valence-corrected chi connectivity index (χ1v) is 11.5. The second kappa shape index (κ2) is 8.76. The van der Waals surface area contributed by atoms with Crippen LogP contribution in [0.1, 0.15) is 39.6 Å². The Kier molecular flexibility index (Phi) is 6.33. The van der Waals surface area contributed by atoms with Crippen LogP contribution in [-0.4, -0.2) is 30.5 Å². The van der Waals surface area contributed by atoms with E-state index in [0.29, 0.717) is 15.6 Å². The maximum absolute atomic E-state index is 12.5. The van der Waals surface area contributed by atoms with Gasteiger partial charge in [-0.2, -0.15) is 0 Å². The van der Waals surface area contributed by atoms with Crippen molar-refractivity contribution >= 4 is 33.0 Å². The summed E-state index contributed by atoms with van der Waals surface area (Å²) in [6.45, 7) is 4.92. The maximum Gasteiger partial charge on any atom is 0.281 e. The largest absolute Gasteiger partial charge is 0.281 e. The van der Waals surface area contributed by atoms with Gasteiger partial charge in [0.1, 0.15) is 9.88 Å². The number of sulfone groups is 1. The van der Waals surface area contributed by atoms with Gasteiger partial charge in [-0.05, 0) is 45.0 Å². The molecule has 0 aliphatic heterocycles. The van der Waals surface area contributed by atoms with Crippen molar-refractivity contribution in [2.24, 2.45) is 0 Å². The minimum atomic E-state index is -3.41. The van der Waals surface area contributed by atoms with Crippen molar-refractivity contribution in [3.8, 4) is 10.6 Å². The van der Waals surface area contributed by atoms with E-state index in [0.717, 1.165) is 5.56 Å². The number of nitrogens with zero attached hydrogens (tertiary/aromatic N) is 1. The fraction of sp³-hybridized carbons (Fsp3) is 0.190. The Morgan fingerprint density at radius 1 is 0.933 bits per heavy atom. The van der Waals surface area contributed by atoms with Crippen molar-refractivity contribution in [2.45, 2.75) is 30.9 Å². The van der Waals surface area contributed by atoms with Gasteiger partial charge < -0.3 is 0 Å². The molecule has 0 spiro atoms. The highest BCUT2D eigenvalue weighted by Crippen LogP contribution is 2.27. The van der Waals surface area contributed by atoms with Crippen LogP contribution >= 0.6 is 11.3 Å². The number of aryl methyl sites for hydroxylation is 1. The summed E-state index contributed by atoms with van der Waals surface area (Å²) in [7, 11) is -3.41. The van der Waals surface area contributed by atoms with Crippen LogP contribution in [0.2, 0.25) is 0 Å². The molecule has 2 N–H and O–H groups in total. The van der Waals surface area contributed by atoms with E-state index in [1.54, 1.807) is 20.8 Å². The second-order valence-corrected chi connectivity index (χ2v) is 10.3. The Morgan fingerprint density at radius 2 is 1.53 bits per heavy atom. The predicted octanol–water partition coefficient (Wildman–Crippen LogP) is 3.38. The quantitative estimate of drug-likeness (QED) is 0.588. The number of hydrazine groups is 1. The molecule has 1 heterocycles. The summed E-state index contributed by atoms with van der Waals surface area (Å²) in [4.78, 5) is 29.7. The first-order valence-electron chi connectivity index (χ1n) is 9.17. The third-order valence-electron chi connectivity index (χ3n) is 4.38. The summed E-state index contributed by atoms with van der Waals surface area (Å²) in [6, 6.07) is 15.1. The third-order valence-corrected chi connectivity index (χ3v) is 7.75. The summed E-state index contributed by atoms with van der Waals surface area (Å²) in [5, 5.41) is 0.159. The molecule has 0 fully saturated rings. The zero-order valence-electron chi connectivity index (χ0n) is 16.7. The molecule has 0 saturated heterocycles. The van der Waals surface area contributed by atoms with E-state index in [9.17, 15) is 18.0 Å². The maximum atomic E-state index is 12.5. The number of rotatable bonds is 5. The molecule has 7 nitrogen and oxygen atoms in total. The number of hydrogen-bond donors (Lipinski definition) is 2. The van der Waals surface area contributed by atoms with Crippen LogP contribution < -0.4 is 10.9 Å². The lowest BCUT2D eigenvalue weighted by Gasteiger charge is -2.09.